The van der Waals surface area contributed by atoms with E-state index in [2.05, 4.69) is 22.6 Å². The van der Waals surface area contributed by atoms with Gasteiger partial charge in [0, 0.05) is 23.9 Å². The summed E-state index contributed by atoms with van der Waals surface area (Å²) >= 11 is 1.84. The zero-order valence-electron chi connectivity index (χ0n) is 8.49. The molecule has 0 aliphatic heterocycles. The zero-order chi connectivity index (χ0) is 9.54. The summed E-state index contributed by atoms with van der Waals surface area (Å²) in [6, 6.07) is 0.765. The number of rotatable bonds is 4. The maximum Gasteiger partial charge on any atom is 0.0959 e. The van der Waals surface area contributed by atoms with Gasteiger partial charge in [0.15, 0.2) is 0 Å². The molecule has 2 nitrogen and oxygen atoms in total. The average Bonchev–Trinajstić information content (AvgIpc) is 3.08. The lowest BCUT2D eigenvalue weighted by atomic mass is 10.4. The number of hydrogen-bond acceptors (Lipinski definition) is 3. The summed E-state index contributed by atoms with van der Waals surface area (Å²) in [5, 5.41) is 7.12. The van der Waals surface area contributed by atoms with Crippen LogP contribution in [0.25, 0.3) is 0 Å². The molecule has 1 aromatic heterocycles. The van der Waals surface area contributed by atoms with Gasteiger partial charge in [0.1, 0.15) is 0 Å². The van der Waals surface area contributed by atoms with E-state index in [0.717, 1.165) is 24.4 Å². The molecule has 2 fully saturated rings. The Morgan fingerprint density at radius 2 is 2.36 bits per heavy atom. The minimum atomic E-state index is 0.765. The fourth-order valence-electron chi connectivity index (χ4n) is 1.76. The number of aromatic nitrogens is 1. The van der Waals surface area contributed by atoms with Crippen molar-refractivity contribution in [2.45, 2.75) is 44.7 Å². The molecule has 1 aromatic rings. The molecule has 2 saturated carbocycles. The van der Waals surface area contributed by atoms with Gasteiger partial charge in [-0.15, -0.1) is 11.3 Å². The van der Waals surface area contributed by atoms with Gasteiger partial charge in [-0.2, -0.15) is 0 Å². The molecule has 1 heterocycles. The molecule has 2 aliphatic carbocycles. The molecule has 0 saturated heterocycles. The second-order valence-corrected chi connectivity index (χ2v) is 5.54. The molecule has 1 N–H and O–H groups in total. The highest BCUT2D eigenvalue weighted by molar-refractivity contribution is 7.09. The van der Waals surface area contributed by atoms with Gasteiger partial charge in [-0.3, -0.25) is 0 Å². The maximum atomic E-state index is 4.65. The first kappa shape index (κ1) is 8.86. The number of hydrogen-bond donors (Lipinski definition) is 1. The summed E-state index contributed by atoms with van der Waals surface area (Å²) in [4.78, 5) is 4.65. The second-order valence-electron chi connectivity index (χ2n) is 4.65. The smallest absolute Gasteiger partial charge is 0.0959 e. The molecule has 2 unspecified atom stereocenters. The number of nitrogens with zero attached hydrogens (tertiary/aromatic N) is 1. The predicted octanol–water partition coefficient (Wildman–Crippen LogP) is 2.52. The Labute approximate surface area is 88.7 Å². The van der Waals surface area contributed by atoms with Crippen molar-refractivity contribution in [1.29, 1.82) is 0 Å². The maximum absolute atomic E-state index is 4.65. The Morgan fingerprint density at radius 3 is 3.00 bits per heavy atom. The van der Waals surface area contributed by atoms with Crippen LogP contribution >= 0.6 is 11.3 Å². The fourth-order valence-corrected chi connectivity index (χ4v) is 2.75. The van der Waals surface area contributed by atoms with Crippen molar-refractivity contribution in [2.24, 2.45) is 5.92 Å². The molecule has 2 aliphatic rings. The van der Waals surface area contributed by atoms with E-state index in [1.165, 1.54) is 30.0 Å². The first-order chi connectivity index (χ1) is 6.83. The van der Waals surface area contributed by atoms with Crippen molar-refractivity contribution in [3.8, 4) is 0 Å². The lowest BCUT2D eigenvalue weighted by Gasteiger charge is -1.98. The van der Waals surface area contributed by atoms with Crippen molar-refractivity contribution < 1.29 is 0 Å². The number of thiazole rings is 1. The van der Waals surface area contributed by atoms with E-state index >= 15 is 0 Å². The van der Waals surface area contributed by atoms with Crippen molar-refractivity contribution in [1.82, 2.24) is 10.3 Å². The SMILES string of the molecule is CC1CC1NCc1csc(C2CC2)n1. The molecule has 0 spiro atoms. The topological polar surface area (TPSA) is 24.9 Å². The van der Waals surface area contributed by atoms with Gasteiger partial charge in [-0.1, -0.05) is 6.92 Å². The minimum absolute atomic E-state index is 0.765. The van der Waals surface area contributed by atoms with E-state index in [1.54, 1.807) is 0 Å². The molecule has 14 heavy (non-hydrogen) atoms. The molecule has 0 aromatic carbocycles. The Bertz CT molecular complexity index is 330. The quantitative estimate of drug-likeness (QED) is 0.822. The van der Waals surface area contributed by atoms with E-state index in [4.69, 9.17) is 0 Å². The van der Waals surface area contributed by atoms with Crippen LogP contribution in [0.15, 0.2) is 5.38 Å². The Morgan fingerprint density at radius 1 is 1.57 bits per heavy atom. The molecule has 76 valence electrons. The van der Waals surface area contributed by atoms with Crippen LogP contribution in [0.4, 0.5) is 0 Å². The van der Waals surface area contributed by atoms with Crippen LogP contribution in [-0.4, -0.2) is 11.0 Å². The lowest BCUT2D eigenvalue weighted by molar-refractivity contribution is 0.643. The van der Waals surface area contributed by atoms with Crippen LogP contribution in [-0.2, 0) is 6.54 Å². The fraction of sp³-hybridized carbons (Fsp3) is 0.727. The summed E-state index contributed by atoms with van der Waals surface area (Å²) in [7, 11) is 0. The van der Waals surface area contributed by atoms with Crippen LogP contribution in [0.2, 0.25) is 0 Å². The van der Waals surface area contributed by atoms with Gasteiger partial charge < -0.3 is 5.32 Å². The van der Waals surface area contributed by atoms with E-state index in [1.807, 2.05) is 11.3 Å². The second kappa shape index (κ2) is 3.31. The van der Waals surface area contributed by atoms with Crippen LogP contribution < -0.4 is 5.32 Å². The molecular formula is C11H16N2S. The van der Waals surface area contributed by atoms with Gasteiger partial charge in [-0.05, 0) is 25.2 Å². The summed E-state index contributed by atoms with van der Waals surface area (Å²) in [5.41, 5.74) is 1.25. The summed E-state index contributed by atoms with van der Waals surface area (Å²) in [6.07, 6.45) is 4.07. The van der Waals surface area contributed by atoms with Crippen LogP contribution in [0.5, 0.6) is 0 Å². The van der Waals surface area contributed by atoms with Crippen molar-refractivity contribution >= 4 is 11.3 Å². The molecule has 0 radical (unpaired) electrons. The van der Waals surface area contributed by atoms with Crippen molar-refractivity contribution in [3.63, 3.8) is 0 Å². The lowest BCUT2D eigenvalue weighted by Crippen LogP contribution is -2.17. The van der Waals surface area contributed by atoms with Crippen LogP contribution in [0.3, 0.4) is 0 Å². The molecule has 3 rings (SSSR count). The molecule has 2 atom stereocenters. The van der Waals surface area contributed by atoms with Crippen molar-refractivity contribution in [3.05, 3.63) is 16.1 Å². The molecule has 0 amide bonds. The van der Waals surface area contributed by atoms with E-state index in [9.17, 15) is 0 Å². The molecule has 3 heteroatoms. The van der Waals surface area contributed by atoms with E-state index in [0.29, 0.717) is 0 Å². The predicted molar refractivity (Wildman–Crippen MR) is 58.5 cm³/mol. The molecular weight excluding hydrogens is 192 g/mol. The van der Waals surface area contributed by atoms with Gasteiger partial charge in [0.05, 0.1) is 10.7 Å². The Balaban J connectivity index is 1.54. The van der Waals surface area contributed by atoms with Gasteiger partial charge in [0.2, 0.25) is 0 Å². The highest BCUT2D eigenvalue weighted by atomic mass is 32.1. The Kier molecular flexibility index (Phi) is 2.10. The third-order valence-electron chi connectivity index (χ3n) is 3.15. The zero-order valence-corrected chi connectivity index (χ0v) is 9.31. The largest absolute Gasteiger partial charge is 0.308 e. The van der Waals surface area contributed by atoms with Gasteiger partial charge in [-0.25, -0.2) is 4.98 Å². The number of nitrogens with one attached hydrogen (secondary N) is 1. The highest BCUT2D eigenvalue weighted by Gasteiger charge is 2.32. The summed E-state index contributed by atoms with van der Waals surface area (Å²) < 4.78 is 0. The molecule has 0 bridgehead atoms. The van der Waals surface area contributed by atoms with Gasteiger partial charge in [0.25, 0.3) is 0 Å². The third-order valence-corrected chi connectivity index (χ3v) is 4.21. The first-order valence-electron chi connectivity index (χ1n) is 5.50. The van der Waals surface area contributed by atoms with E-state index in [-0.39, 0.29) is 0 Å². The summed E-state index contributed by atoms with van der Waals surface area (Å²) in [5.74, 6) is 1.70. The van der Waals surface area contributed by atoms with Crippen LogP contribution in [0, 0.1) is 5.92 Å². The summed E-state index contributed by atoms with van der Waals surface area (Å²) in [6.45, 7) is 3.27. The highest BCUT2D eigenvalue weighted by Crippen LogP contribution is 2.41. The minimum Gasteiger partial charge on any atom is -0.308 e. The Hall–Kier alpha value is -0.410. The monoisotopic (exact) mass is 208 g/mol. The van der Waals surface area contributed by atoms with Crippen molar-refractivity contribution in [2.75, 3.05) is 0 Å². The van der Waals surface area contributed by atoms with Gasteiger partial charge >= 0.3 is 0 Å². The standard InChI is InChI=1S/C11H16N2S/c1-7-4-10(7)12-5-9-6-14-11(13-9)8-2-3-8/h6-8,10,12H,2-5H2,1H3. The third kappa shape index (κ3) is 1.84. The van der Waals surface area contributed by atoms with E-state index < -0.39 is 0 Å². The normalized spacial score (nSPS) is 30.6. The first-order valence-corrected chi connectivity index (χ1v) is 6.38. The average molecular weight is 208 g/mol. The van der Waals surface area contributed by atoms with Crippen LogP contribution in [0.1, 0.15) is 42.8 Å².